The van der Waals surface area contributed by atoms with Crippen LogP contribution in [-0.2, 0) is 6.54 Å². The third-order valence-electron chi connectivity index (χ3n) is 4.03. The smallest absolute Gasteiger partial charge is 0.335 e. The number of urea groups is 1. The number of nitrogens with zero attached hydrogens (tertiary/aromatic N) is 2. The minimum atomic E-state index is -1.04. The number of carboxylic acids is 1. The molecule has 1 fully saturated rings. The average Bonchev–Trinajstić information content (AvgIpc) is 2.59. The molecule has 124 valence electrons. The minimum absolute atomic E-state index is 0.131. The van der Waals surface area contributed by atoms with Crippen molar-refractivity contribution in [2.24, 2.45) is 0 Å². The van der Waals surface area contributed by atoms with Gasteiger partial charge in [0.2, 0.25) is 0 Å². The fourth-order valence-electron chi connectivity index (χ4n) is 2.81. The first-order valence-corrected chi connectivity index (χ1v) is 7.69. The number of amides is 2. The summed E-state index contributed by atoms with van der Waals surface area (Å²) in [5.74, 6) is -1.38. The van der Waals surface area contributed by atoms with E-state index >= 15 is 0 Å². The monoisotopic (exact) mass is 328 g/mol. The van der Waals surface area contributed by atoms with Crippen LogP contribution in [0.3, 0.4) is 0 Å². The van der Waals surface area contributed by atoms with E-state index in [0.717, 1.165) is 6.42 Å². The molecule has 6 heteroatoms. The van der Waals surface area contributed by atoms with Crippen molar-refractivity contribution in [2.75, 3.05) is 18.0 Å². The molecule has 2 aromatic rings. The zero-order valence-corrected chi connectivity index (χ0v) is 13.0. The maximum absolute atomic E-state index is 13.8. The Hall–Kier alpha value is -2.89. The number of rotatable bonds is 4. The molecule has 0 aromatic heterocycles. The van der Waals surface area contributed by atoms with Crippen LogP contribution in [0, 0.1) is 5.82 Å². The predicted octanol–water partition coefficient (Wildman–Crippen LogP) is 3.36. The molecule has 3 rings (SSSR count). The molecule has 0 bridgehead atoms. The van der Waals surface area contributed by atoms with Crippen molar-refractivity contribution >= 4 is 17.7 Å². The van der Waals surface area contributed by atoms with Gasteiger partial charge in [0, 0.05) is 24.3 Å². The van der Waals surface area contributed by atoms with Crippen molar-refractivity contribution in [1.82, 2.24) is 4.90 Å². The highest BCUT2D eigenvalue weighted by atomic mass is 19.1. The maximum Gasteiger partial charge on any atom is 0.335 e. The molecule has 0 radical (unpaired) electrons. The lowest BCUT2D eigenvalue weighted by atomic mass is 10.1. The van der Waals surface area contributed by atoms with E-state index in [-0.39, 0.29) is 24.0 Å². The van der Waals surface area contributed by atoms with E-state index in [1.54, 1.807) is 35.2 Å². The van der Waals surface area contributed by atoms with Gasteiger partial charge in [-0.3, -0.25) is 4.90 Å². The molecule has 0 unspecified atom stereocenters. The van der Waals surface area contributed by atoms with Gasteiger partial charge >= 0.3 is 12.0 Å². The summed E-state index contributed by atoms with van der Waals surface area (Å²) >= 11 is 0. The van der Waals surface area contributed by atoms with E-state index < -0.39 is 5.97 Å². The molecule has 2 amide bonds. The van der Waals surface area contributed by atoms with Gasteiger partial charge in [0.25, 0.3) is 0 Å². The van der Waals surface area contributed by atoms with Gasteiger partial charge in [-0.25, -0.2) is 14.0 Å². The van der Waals surface area contributed by atoms with Crippen molar-refractivity contribution in [2.45, 2.75) is 13.0 Å². The topological polar surface area (TPSA) is 60.9 Å². The fraction of sp³-hybridized carbons (Fsp3) is 0.222. The van der Waals surface area contributed by atoms with Gasteiger partial charge in [-0.1, -0.05) is 24.3 Å². The van der Waals surface area contributed by atoms with Crippen molar-refractivity contribution in [3.8, 4) is 0 Å². The number of anilines is 1. The Bertz CT molecular complexity index is 778. The lowest BCUT2D eigenvalue weighted by Gasteiger charge is -2.35. The Labute approximate surface area is 138 Å². The molecule has 24 heavy (non-hydrogen) atoms. The number of benzene rings is 2. The van der Waals surface area contributed by atoms with Crippen molar-refractivity contribution < 1.29 is 19.1 Å². The molecule has 0 saturated carbocycles. The molecular weight excluding hydrogens is 311 g/mol. The Balaban J connectivity index is 1.81. The third-order valence-corrected chi connectivity index (χ3v) is 4.03. The van der Waals surface area contributed by atoms with Gasteiger partial charge in [-0.15, -0.1) is 0 Å². The van der Waals surface area contributed by atoms with E-state index in [2.05, 4.69) is 0 Å². The van der Waals surface area contributed by atoms with Crippen LogP contribution in [0.15, 0.2) is 48.5 Å². The van der Waals surface area contributed by atoms with E-state index in [1.165, 1.54) is 23.1 Å². The van der Waals surface area contributed by atoms with Crippen molar-refractivity contribution in [3.05, 3.63) is 65.5 Å². The summed E-state index contributed by atoms with van der Waals surface area (Å²) in [6, 6.07) is 12.4. The molecule has 5 nitrogen and oxygen atoms in total. The Kier molecular flexibility index (Phi) is 4.46. The second kappa shape index (κ2) is 6.70. The summed E-state index contributed by atoms with van der Waals surface area (Å²) in [6.07, 6.45) is 0.734. The highest BCUT2D eigenvalue weighted by Gasteiger charge is 2.27. The molecule has 0 aliphatic carbocycles. The quantitative estimate of drug-likeness (QED) is 0.936. The maximum atomic E-state index is 13.8. The lowest BCUT2D eigenvalue weighted by molar-refractivity contribution is 0.0697. The van der Waals surface area contributed by atoms with Crippen LogP contribution in [-0.4, -0.2) is 35.1 Å². The van der Waals surface area contributed by atoms with Gasteiger partial charge in [0.15, 0.2) is 0 Å². The summed E-state index contributed by atoms with van der Waals surface area (Å²) in [7, 11) is 0. The Morgan fingerprint density at radius 2 is 1.92 bits per heavy atom. The molecule has 1 aliphatic rings. The molecular formula is C18H17FN2O3. The first kappa shape index (κ1) is 16.0. The molecule has 1 aliphatic heterocycles. The number of hydrogen-bond donors (Lipinski definition) is 1. The van der Waals surface area contributed by atoms with Crippen molar-refractivity contribution in [1.29, 1.82) is 0 Å². The van der Waals surface area contributed by atoms with Gasteiger partial charge in [0.05, 0.1) is 12.1 Å². The molecule has 0 spiro atoms. The summed E-state index contributed by atoms with van der Waals surface area (Å²) in [6.45, 7) is 1.25. The van der Waals surface area contributed by atoms with Crippen LogP contribution in [0.4, 0.5) is 14.9 Å². The largest absolute Gasteiger partial charge is 0.478 e. The molecule has 1 heterocycles. The van der Waals surface area contributed by atoms with Crippen LogP contribution >= 0.6 is 0 Å². The third kappa shape index (κ3) is 3.22. The number of carboxylic acid groups (broad SMARTS) is 1. The van der Waals surface area contributed by atoms with Crippen LogP contribution < -0.4 is 4.90 Å². The molecule has 1 N–H and O–H groups in total. The lowest BCUT2D eigenvalue weighted by Crippen LogP contribution is -2.49. The highest BCUT2D eigenvalue weighted by Crippen LogP contribution is 2.23. The Morgan fingerprint density at radius 1 is 1.12 bits per heavy atom. The van der Waals surface area contributed by atoms with Crippen LogP contribution in [0.1, 0.15) is 22.3 Å². The van der Waals surface area contributed by atoms with E-state index in [9.17, 15) is 14.0 Å². The van der Waals surface area contributed by atoms with Gasteiger partial charge < -0.3 is 10.0 Å². The summed E-state index contributed by atoms with van der Waals surface area (Å²) in [4.78, 5) is 26.9. The minimum Gasteiger partial charge on any atom is -0.478 e. The second-order valence-corrected chi connectivity index (χ2v) is 5.66. The SMILES string of the molecule is O=C(O)c1cccc(N2CCCN(Cc3ccccc3F)C2=O)c1. The number of hydrogen-bond acceptors (Lipinski definition) is 2. The number of carbonyl (C=O) groups excluding carboxylic acids is 1. The Morgan fingerprint density at radius 3 is 2.67 bits per heavy atom. The normalized spacial score (nSPS) is 14.8. The molecule has 1 saturated heterocycles. The second-order valence-electron chi connectivity index (χ2n) is 5.66. The van der Waals surface area contributed by atoms with E-state index in [4.69, 9.17) is 5.11 Å². The summed E-state index contributed by atoms with van der Waals surface area (Å²) < 4.78 is 13.8. The number of halogens is 1. The molecule has 0 atom stereocenters. The van der Waals surface area contributed by atoms with Gasteiger partial charge in [-0.2, -0.15) is 0 Å². The number of carbonyl (C=O) groups is 2. The van der Waals surface area contributed by atoms with Crippen molar-refractivity contribution in [3.63, 3.8) is 0 Å². The predicted molar refractivity (Wildman–Crippen MR) is 87.6 cm³/mol. The summed E-state index contributed by atoms with van der Waals surface area (Å²) in [5.41, 5.74) is 1.14. The standard InChI is InChI=1S/C18H17FN2O3/c19-16-8-2-1-5-14(16)12-20-9-4-10-21(18(20)24)15-7-3-6-13(11-15)17(22)23/h1-3,5-8,11H,4,9-10,12H2,(H,22,23). The number of aromatic carboxylic acids is 1. The first-order valence-electron chi connectivity index (χ1n) is 7.69. The summed E-state index contributed by atoms with van der Waals surface area (Å²) in [5, 5.41) is 9.10. The van der Waals surface area contributed by atoms with Crippen LogP contribution in [0.25, 0.3) is 0 Å². The highest BCUT2D eigenvalue weighted by molar-refractivity contribution is 5.95. The van der Waals surface area contributed by atoms with Crippen LogP contribution in [0.5, 0.6) is 0 Å². The average molecular weight is 328 g/mol. The molecule has 2 aromatic carbocycles. The zero-order valence-electron chi connectivity index (χ0n) is 13.0. The van der Waals surface area contributed by atoms with Crippen LogP contribution in [0.2, 0.25) is 0 Å². The van der Waals surface area contributed by atoms with E-state index in [0.29, 0.717) is 24.3 Å². The zero-order chi connectivity index (χ0) is 17.1. The van der Waals surface area contributed by atoms with Gasteiger partial charge in [-0.05, 0) is 30.7 Å². The van der Waals surface area contributed by atoms with Gasteiger partial charge in [0.1, 0.15) is 5.82 Å². The fourth-order valence-corrected chi connectivity index (χ4v) is 2.81. The first-order chi connectivity index (χ1) is 11.6. The van der Waals surface area contributed by atoms with E-state index in [1.807, 2.05) is 0 Å².